The van der Waals surface area contributed by atoms with Crippen LogP contribution in [0.5, 0.6) is 0 Å². The van der Waals surface area contributed by atoms with Gasteiger partial charge < -0.3 is 9.64 Å². The summed E-state index contributed by atoms with van der Waals surface area (Å²) in [7, 11) is 0. The van der Waals surface area contributed by atoms with Crippen molar-refractivity contribution in [3.05, 3.63) is 65.2 Å². The van der Waals surface area contributed by atoms with E-state index in [1.54, 1.807) is 29.2 Å². The van der Waals surface area contributed by atoms with Crippen molar-refractivity contribution in [2.24, 2.45) is 0 Å². The van der Waals surface area contributed by atoms with Crippen molar-refractivity contribution >= 4 is 17.6 Å². The maximum absolute atomic E-state index is 13.5. The van der Waals surface area contributed by atoms with Gasteiger partial charge in [0.15, 0.2) is 11.6 Å². The first-order valence-electron chi connectivity index (χ1n) is 8.02. The summed E-state index contributed by atoms with van der Waals surface area (Å²) in [5, 5.41) is 0. The van der Waals surface area contributed by atoms with Crippen LogP contribution in [0.1, 0.15) is 24.0 Å². The monoisotopic (exact) mass is 345 g/mol. The van der Waals surface area contributed by atoms with E-state index < -0.39 is 17.6 Å². The molecular weight excluding hydrogens is 328 g/mol. The molecule has 3 rings (SSSR count). The van der Waals surface area contributed by atoms with E-state index in [1.807, 2.05) is 0 Å². The SMILES string of the molecule is O=C(Cc1ccc(N2CCCC2=O)cc1)OCc1cccc(F)c1F. The van der Waals surface area contributed by atoms with Gasteiger partial charge in [-0.15, -0.1) is 0 Å². The first-order chi connectivity index (χ1) is 12.0. The molecule has 25 heavy (non-hydrogen) atoms. The number of hydrogen-bond donors (Lipinski definition) is 0. The number of carbonyl (C=O) groups excluding carboxylic acids is 2. The molecule has 0 bridgehead atoms. The van der Waals surface area contributed by atoms with E-state index in [0.717, 1.165) is 23.7 Å². The fourth-order valence-corrected chi connectivity index (χ4v) is 2.75. The van der Waals surface area contributed by atoms with Crippen molar-refractivity contribution in [2.45, 2.75) is 25.9 Å². The van der Waals surface area contributed by atoms with E-state index in [0.29, 0.717) is 13.0 Å². The molecule has 1 amide bonds. The summed E-state index contributed by atoms with van der Waals surface area (Å²) in [6, 6.07) is 10.8. The predicted molar refractivity (Wildman–Crippen MR) is 87.9 cm³/mol. The van der Waals surface area contributed by atoms with Crippen LogP contribution in [0.4, 0.5) is 14.5 Å². The Labute approximate surface area is 144 Å². The Morgan fingerprint density at radius 1 is 1.12 bits per heavy atom. The first kappa shape index (κ1) is 17.1. The van der Waals surface area contributed by atoms with Gasteiger partial charge in [-0.3, -0.25) is 9.59 Å². The molecule has 1 heterocycles. The molecule has 0 radical (unpaired) electrons. The summed E-state index contributed by atoms with van der Waals surface area (Å²) in [4.78, 5) is 25.3. The highest BCUT2D eigenvalue weighted by Gasteiger charge is 2.21. The Morgan fingerprint density at radius 2 is 1.88 bits per heavy atom. The molecule has 2 aromatic carbocycles. The van der Waals surface area contributed by atoms with Crippen molar-refractivity contribution in [3.63, 3.8) is 0 Å². The quantitative estimate of drug-likeness (QED) is 0.781. The molecule has 1 aliphatic rings. The number of rotatable bonds is 5. The molecule has 1 aliphatic heterocycles. The topological polar surface area (TPSA) is 46.6 Å². The number of carbonyl (C=O) groups is 2. The third-order valence-electron chi connectivity index (χ3n) is 4.09. The lowest BCUT2D eigenvalue weighted by Gasteiger charge is -2.15. The molecule has 2 aromatic rings. The molecule has 1 fully saturated rings. The maximum Gasteiger partial charge on any atom is 0.310 e. The van der Waals surface area contributed by atoms with Gasteiger partial charge in [-0.25, -0.2) is 8.78 Å². The van der Waals surface area contributed by atoms with Gasteiger partial charge in [0.2, 0.25) is 5.91 Å². The summed E-state index contributed by atoms with van der Waals surface area (Å²) < 4.78 is 31.6. The number of nitrogens with zero attached hydrogens (tertiary/aromatic N) is 1. The van der Waals surface area contributed by atoms with E-state index in [9.17, 15) is 18.4 Å². The Hall–Kier alpha value is -2.76. The van der Waals surface area contributed by atoms with Gasteiger partial charge >= 0.3 is 5.97 Å². The van der Waals surface area contributed by atoms with Crippen LogP contribution in [-0.4, -0.2) is 18.4 Å². The average molecular weight is 345 g/mol. The number of amides is 1. The molecule has 0 spiro atoms. The number of hydrogen-bond acceptors (Lipinski definition) is 3. The van der Waals surface area contributed by atoms with Gasteiger partial charge in [0, 0.05) is 24.2 Å². The number of benzene rings is 2. The normalized spacial score (nSPS) is 14.0. The van der Waals surface area contributed by atoms with Gasteiger partial charge in [0.25, 0.3) is 0 Å². The lowest BCUT2D eigenvalue weighted by atomic mass is 10.1. The second kappa shape index (κ2) is 7.42. The van der Waals surface area contributed by atoms with Gasteiger partial charge in [0.1, 0.15) is 6.61 Å². The molecule has 0 aliphatic carbocycles. The molecule has 0 saturated carbocycles. The molecule has 6 heteroatoms. The van der Waals surface area contributed by atoms with E-state index in [-0.39, 0.29) is 24.5 Å². The molecule has 4 nitrogen and oxygen atoms in total. The van der Waals surface area contributed by atoms with Crippen LogP contribution in [-0.2, 0) is 27.4 Å². The Morgan fingerprint density at radius 3 is 2.56 bits per heavy atom. The summed E-state index contributed by atoms with van der Waals surface area (Å²) >= 11 is 0. The van der Waals surface area contributed by atoms with Crippen molar-refractivity contribution in [2.75, 3.05) is 11.4 Å². The van der Waals surface area contributed by atoms with Crippen LogP contribution in [0, 0.1) is 11.6 Å². The summed E-state index contributed by atoms with van der Waals surface area (Å²) in [5.74, 6) is -2.41. The highest BCUT2D eigenvalue weighted by atomic mass is 19.2. The molecule has 0 unspecified atom stereocenters. The van der Waals surface area contributed by atoms with Crippen LogP contribution in [0.25, 0.3) is 0 Å². The van der Waals surface area contributed by atoms with Crippen LogP contribution >= 0.6 is 0 Å². The number of esters is 1. The van der Waals surface area contributed by atoms with Gasteiger partial charge in [-0.05, 0) is 30.2 Å². The second-order valence-corrected chi connectivity index (χ2v) is 5.87. The van der Waals surface area contributed by atoms with Crippen LogP contribution < -0.4 is 4.90 Å². The number of halogens is 2. The largest absolute Gasteiger partial charge is 0.460 e. The molecule has 0 N–H and O–H groups in total. The van der Waals surface area contributed by atoms with Crippen molar-refractivity contribution < 1.29 is 23.1 Å². The average Bonchev–Trinajstić information content (AvgIpc) is 3.03. The fourth-order valence-electron chi connectivity index (χ4n) is 2.75. The van der Waals surface area contributed by atoms with E-state index in [1.165, 1.54) is 12.1 Å². The van der Waals surface area contributed by atoms with E-state index >= 15 is 0 Å². The third kappa shape index (κ3) is 4.02. The van der Waals surface area contributed by atoms with E-state index in [4.69, 9.17) is 4.74 Å². The zero-order valence-electron chi connectivity index (χ0n) is 13.5. The summed E-state index contributed by atoms with van der Waals surface area (Å²) in [6.45, 7) is 0.391. The van der Waals surface area contributed by atoms with Gasteiger partial charge in [-0.2, -0.15) is 0 Å². The fraction of sp³-hybridized carbons (Fsp3) is 0.263. The van der Waals surface area contributed by atoms with Crippen molar-refractivity contribution in [1.82, 2.24) is 0 Å². The smallest absolute Gasteiger partial charge is 0.310 e. The van der Waals surface area contributed by atoms with Crippen LogP contribution in [0.15, 0.2) is 42.5 Å². The molecule has 130 valence electrons. The zero-order chi connectivity index (χ0) is 17.8. The molecule has 0 aromatic heterocycles. The first-order valence-corrected chi connectivity index (χ1v) is 8.02. The maximum atomic E-state index is 13.5. The molecular formula is C19H17F2NO3. The Kier molecular flexibility index (Phi) is 5.07. The molecule has 0 atom stereocenters. The highest BCUT2D eigenvalue weighted by molar-refractivity contribution is 5.95. The zero-order valence-corrected chi connectivity index (χ0v) is 13.5. The number of ether oxygens (including phenoxy) is 1. The van der Waals surface area contributed by atoms with Crippen molar-refractivity contribution in [3.8, 4) is 0 Å². The Bertz CT molecular complexity index is 790. The third-order valence-corrected chi connectivity index (χ3v) is 4.09. The highest BCUT2D eigenvalue weighted by Crippen LogP contribution is 2.22. The molecule has 1 saturated heterocycles. The minimum atomic E-state index is -1.00. The summed E-state index contributed by atoms with van der Waals surface area (Å²) in [6.07, 6.45) is 1.43. The predicted octanol–water partition coefficient (Wildman–Crippen LogP) is 3.38. The minimum absolute atomic E-state index is 0.00348. The van der Waals surface area contributed by atoms with Gasteiger partial charge in [-0.1, -0.05) is 24.3 Å². The standard InChI is InChI=1S/C19H17F2NO3/c20-16-4-1-3-14(19(16)21)12-25-18(24)11-13-6-8-15(9-7-13)22-10-2-5-17(22)23/h1,3-4,6-9H,2,5,10-12H2. The van der Waals surface area contributed by atoms with Gasteiger partial charge in [0.05, 0.1) is 6.42 Å². The number of anilines is 1. The van der Waals surface area contributed by atoms with Crippen LogP contribution in [0.3, 0.4) is 0 Å². The van der Waals surface area contributed by atoms with Crippen LogP contribution in [0.2, 0.25) is 0 Å². The minimum Gasteiger partial charge on any atom is -0.460 e. The second-order valence-electron chi connectivity index (χ2n) is 5.87. The summed E-state index contributed by atoms with van der Waals surface area (Å²) in [5.41, 5.74) is 1.53. The lowest BCUT2D eigenvalue weighted by molar-refractivity contribution is -0.144. The van der Waals surface area contributed by atoms with Crippen molar-refractivity contribution in [1.29, 1.82) is 0 Å². The Balaban J connectivity index is 1.56. The van der Waals surface area contributed by atoms with E-state index in [2.05, 4.69) is 0 Å². The lowest BCUT2D eigenvalue weighted by Crippen LogP contribution is -2.23.